The Morgan fingerprint density at radius 1 is 1.55 bits per heavy atom. The van der Waals surface area contributed by atoms with Crippen LogP contribution in [-0.4, -0.2) is 5.11 Å². The van der Waals surface area contributed by atoms with Crippen LogP contribution in [0.5, 0.6) is 0 Å². The standard InChI is InChI=1S/C8H6BrNO/c9-7-3-1-2-6(4-7)8(11)5-10/h1-4,8,11H/t8-/m0/s1. The van der Waals surface area contributed by atoms with Gasteiger partial charge in [0, 0.05) is 4.47 Å². The maximum absolute atomic E-state index is 9.07. The topological polar surface area (TPSA) is 44.0 Å². The summed E-state index contributed by atoms with van der Waals surface area (Å²) >= 11 is 3.24. The van der Waals surface area contributed by atoms with Gasteiger partial charge in [0.05, 0.1) is 6.07 Å². The molecule has 11 heavy (non-hydrogen) atoms. The number of hydrogen-bond donors (Lipinski definition) is 1. The molecule has 0 spiro atoms. The average molecular weight is 212 g/mol. The van der Waals surface area contributed by atoms with Crippen LogP contribution in [0.15, 0.2) is 28.7 Å². The summed E-state index contributed by atoms with van der Waals surface area (Å²) in [6.07, 6.45) is -1.02. The first-order chi connectivity index (χ1) is 5.24. The van der Waals surface area contributed by atoms with Crippen LogP contribution in [0.3, 0.4) is 0 Å². The molecule has 1 rings (SSSR count). The van der Waals surface area contributed by atoms with Gasteiger partial charge in [-0.25, -0.2) is 0 Å². The van der Waals surface area contributed by atoms with E-state index < -0.39 is 6.10 Å². The molecule has 0 unspecified atom stereocenters. The zero-order valence-corrected chi connectivity index (χ0v) is 7.25. The highest BCUT2D eigenvalue weighted by atomic mass is 79.9. The molecule has 0 fully saturated rings. The predicted molar refractivity (Wildman–Crippen MR) is 44.7 cm³/mol. The van der Waals surface area contributed by atoms with Crippen LogP contribution in [0.25, 0.3) is 0 Å². The molecule has 0 aliphatic heterocycles. The van der Waals surface area contributed by atoms with Gasteiger partial charge >= 0.3 is 0 Å². The largest absolute Gasteiger partial charge is 0.374 e. The van der Waals surface area contributed by atoms with Crippen LogP contribution in [0.4, 0.5) is 0 Å². The van der Waals surface area contributed by atoms with Crippen molar-refractivity contribution < 1.29 is 5.11 Å². The maximum Gasteiger partial charge on any atom is 0.165 e. The van der Waals surface area contributed by atoms with Gasteiger partial charge in [-0.2, -0.15) is 5.26 Å². The molecular weight excluding hydrogens is 206 g/mol. The number of halogens is 1. The maximum atomic E-state index is 9.07. The van der Waals surface area contributed by atoms with E-state index in [1.807, 2.05) is 6.07 Å². The average Bonchev–Trinajstić information content (AvgIpc) is 2.03. The summed E-state index contributed by atoms with van der Waals surface area (Å²) in [6.45, 7) is 0. The SMILES string of the molecule is N#C[C@H](O)c1cccc(Br)c1. The molecule has 1 aromatic carbocycles. The van der Waals surface area contributed by atoms with Crippen molar-refractivity contribution >= 4 is 15.9 Å². The van der Waals surface area contributed by atoms with E-state index >= 15 is 0 Å². The van der Waals surface area contributed by atoms with Crippen LogP contribution in [0.2, 0.25) is 0 Å². The first kappa shape index (κ1) is 8.25. The normalized spacial score (nSPS) is 12.1. The van der Waals surface area contributed by atoms with Gasteiger partial charge in [-0.3, -0.25) is 0 Å². The van der Waals surface area contributed by atoms with Crippen LogP contribution < -0.4 is 0 Å². The Kier molecular flexibility index (Phi) is 2.64. The summed E-state index contributed by atoms with van der Waals surface area (Å²) in [4.78, 5) is 0. The number of benzene rings is 1. The summed E-state index contributed by atoms with van der Waals surface area (Å²) < 4.78 is 0.865. The zero-order valence-electron chi connectivity index (χ0n) is 5.66. The smallest absolute Gasteiger partial charge is 0.165 e. The van der Waals surface area contributed by atoms with Crippen LogP contribution >= 0.6 is 15.9 Å². The van der Waals surface area contributed by atoms with Crippen molar-refractivity contribution in [3.8, 4) is 6.07 Å². The third-order valence-electron chi connectivity index (χ3n) is 1.29. The van der Waals surface area contributed by atoms with Gasteiger partial charge in [-0.1, -0.05) is 28.1 Å². The number of nitrogens with zero attached hydrogens (tertiary/aromatic N) is 1. The Labute approximate surface area is 73.2 Å². The molecule has 0 saturated carbocycles. The Morgan fingerprint density at radius 2 is 2.27 bits per heavy atom. The molecule has 0 aliphatic carbocycles. The second-order valence-corrected chi connectivity index (χ2v) is 3.00. The van der Waals surface area contributed by atoms with E-state index in [0.29, 0.717) is 5.56 Å². The lowest BCUT2D eigenvalue weighted by Gasteiger charge is -2.00. The number of nitriles is 1. The molecule has 56 valence electrons. The summed E-state index contributed by atoms with van der Waals surface area (Å²) in [6, 6.07) is 8.78. The molecule has 1 N–H and O–H groups in total. The first-order valence-corrected chi connectivity index (χ1v) is 3.86. The number of aliphatic hydroxyl groups excluding tert-OH is 1. The highest BCUT2D eigenvalue weighted by molar-refractivity contribution is 9.10. The number of hydrogen-bond acceptors (Lipinski definition) is 2. The van der Waals surface area contributed by atoms with E-state index in [1.54, 1.807) is 24.3 Å². The Balaban J connectivity index is 2.98. The highest BCUT2D eigenvalue weighted by Crippen LogP contribution is 2.16. The zero-order chi connectivity index (χ0) is 8.27. The minimum atomic E-state index is -1.02. The molecule has 0 amide bonds. The quantitative estimate of drug-likeness (QED) is 0.723. The van der Waals surface area contributed by atoms with Gasteiger partial charge < -0.3 is 5.11 Å². The molecule has 3 heteroatoms. The molecule has 0 bridgehead atoms. The third-order valence-corrected chi connectivity index (χ3v) is 1.78. The fraction of sp³-hybridized carbons (Fsp3) is 0.125. The Hall–Kier alpha value is -0.850. The lowest BCUT2D eigenvalue weighted by Crippen LogP contribution is -1.91. The van der Waals surface area contributed by atoms with Crippen molar-refractivity contribution in [3.63, 3.8) is 0 Å². The lowest BCUT2D eigenvalue weighted by molar-refractivity contribution is 0.236. The lowest BCUT2D eigenvalue weighted by atomic mass is 10.1. The van der Waals surface area contributed by atoms with Crippen molar-refractivity contribution in [3.05, 3.63) is 34.3 Å². The van der Waals surface area contributed by atoms with Crippen molar-refractivity contribution in [2.24, 2.45) is 0 Å². The van der Waals surface area contributed by atoms with Gasteiger partial charge in [0.2, 0.25) is 0 Å². The molecule has 0 aliphatic rings. The van der Waals surface area contributed by atoms with E-state index in [0.717, 1.165) is 4.47 Å². The van der Waals surface area contributed by atoms with Gasteiger partial charge in [-0.15, -0.1) is 0 Å². The number of rotatable bonds is 1. The third kappa shape index (κ3) is 2.04. The highest BCUT2D eigenvalue weighted by Gasteiger charge is 2.03. The van der Waals surface area contributed by atoms with Crippen molar-refractivity contribution in [2.45, 2.75) is 6.10 Å². The van der Waals surface area contributed by atoms with Gasteiger partial charge in [0.25, 0.3) is 0 Å². The molecule has 1 atom stereocenters. The van der Waals surface area contributed by atoms with E-state index in [1.165, 1.54) is 0 Å². The minimum absolute atomic E-state index is 0.613. The van der Waals surface area contributed by atoms with Gasteiger partial charge in [0.1, 0.15) is 0 Å². The van der Waals surface area contributed by atoms with E-state index in [9.17, 15) is 0 Å². The molecule has 1 aromatic rings. The van der Waals surface area contributed by atoms with Gasteiger partial charge in [-0.05, 0) is 17.7 Å². The summed E-state index contributed by atoms with van der Waals surface area (Å²) in [5.41, 5.74) is 0.613. The minimum Gasteiger partial charge on any atom is -0.374 e. The molecule has 0 aromatic heterocycles. The summed E-state index contributed by atoms with van der Waals surface area (Å²) in [5, 5.41) is 17.4. The summed E-state index contributed by atoms with van der Waals surface area (Å²) in [7, 11) is 0. The first-order valence-electron chi connectivity index (χ1n) is 3.07. The monoisotopic (exact) mass is 211 g/mol. The second kappa shape index (κ2) is 3.51. The molecule has 0 saturated heterocycles. The Morgan fingerprint density at radius 3 is 2.82 bits per heavy atom. The van der Waals surface area contributed by atoms with Crippen molar-refractivity contribution in [1.29, 1.82) is 5.26 Å². The van der Waals surface area contributed by atoms with Crippen LogP contribution in [0.1, 0.15) is 11.7 Å². The molecular formula is C8H6BrNO. The van der Waals surface area contributed by atoms with E-state index in [2.05, 4.69) is 15.9 Å². The fourth-order valence-electron chi connectivity index (χ4n) is 0.751. The predicted octanol–water partition coefficient (Wildman–Crippen LogP) is 2.01. The molecule has 2 nitrogen and oxygen atoms in total. The van der Waals surface area contributed by atoms with Crippen molar-refractivity contribution in [1.82, 2.24) is 0 Å². The fourth-order valence-corrected chi connectivity index (χ4v) is 1.17. The van der Waals surface area contributed by atoms with E-state index in [-0.39, 0.29) is 0 Å². The van der Waals surface area contributed by atoms with Crippen LogP contribution in [0, 0.1) is 11.3 Å². The van der Waals surface area contributed by atoms with E-state index in [4.69, 9.17) is 10.4 Å². The molecule has 0 heterocycles. The number of aliphatic hydroxyl groups is 1. The second-order valence-electron chi connectivity index (χ2n) is 2.09. The Bertz CT molecular complexity index is 292. The summed E-state index contributed by atoms with van der Waals surface area (Å²) in [5.74, 6) is 0. The van der Waals surface area contributed by atoms with Gasteiger partial charge in [0.15, 0.2) is 6.10 Å². The van der Waals surface area contributed by atoms with Crippen LogP contribution in [-0.2, 0) is 0 Å². The molecule has 0 radical (unpaired) electrons. The van der Waals surface area contributed by atoms with Crippen molar-refractivity contribution in [2.75, 3.05) is 0 Å².